The summed E-state index contributed by atoms with van der Waals surface area (Å²) in [5, 5.41) is 0. The molecule has 4 aliphatic carbocycles. The predicted molar refractivity (Wildman–Crippen MR) is 123 cm³/mol. The Kier molecular flexibility index (Phi) is 6.04. The van der Waals surface area contributed by atoms with E-state index in [1.165, 1.54) is 38.5 Å². The Morgan fingerprint density at radius 1 is 0.867 bits per heavy atom. The summed E-state index contributed by atoms with van der Waals surface area (Å²) < 4.78 is 0. The fraction of sp³-hybridized carbons (Fsp3) is 0.929. The van der Waals surface area contributed by atoms with Crippen LogP contribution >= 0.6 is 0 Å². The Labute approximate surface area is 185 Å². The Hall–Kier alpha value is -0.660. The number of fused-ring (bicyclic) bond motifs is 5. The van der Waals surface area contributed by atoms with Crippen molar-refractivity contribution >= 4 is 11.6 Å². The molecule has 4 rings (SSSR count). The van der Waals surface area contributed by atoms with E-state index in [-0.39, 0.29) is 11.3 Å². The zero-order valence-electron chi connectivity index (χ0n) is 20.5. The Balaban J connectivity index is 1.51. The minimum Gasteiger partial charge on any atom is -0.300 e. The van der Waals surface area contributed by atoms with Crippen molar-refractivity contribution in [1.82, 2.24) is 0 Å². The van der Waals surface area contributed by atoms with E-state index in [1.54, 1.807) is 0 Å². The smallest absolute Gasteiger partial charge is 0.137 e. The van der Waals surface area contributed by atoms with E-state index in [1.807, 2.05) is 0 Å². The van der Waals surface area contributed by atoms with Crippen LogP contribution < -0.4 is 0 Å². The number of ketones is 2. The number of carbonyl (C=O) groups excluding carboxylic acids is 2. The molecular formula is C28H46O2. The summed E-state index contributed by atoms with van der Waals surface area (Å²) in [6.07, 6.45) is 11.0. The van der Waals surface area contributed by atoms with Crippen molar-refractivity contribution < 1.29 is 9.59 Å². The van der Waals surface area contributed by atoms with Crippen molar-refractivity contribution in [3.8, 4) is 0 Å². The summed E-state index contributed by atoms with van der Waals surface area (Å²) in [6.45, 7) is 14.6. The molecular weight excluding hydrogens is 368 g/mol. The van der Waals surface area contributed by atoms with Crippen LogP contribution in [0.15, 0.2) is 0 Å². The molecule has 0 spiro atoms. The molecule has 0 N–H and O–H groups in total. The van der Waals surface area contributed by atoms with Crippen molar-refractivity contribution in [1.29, 1.82) is 0 Å². The first-order valence-corrected chi connectivity index (χ1v) is 13.1. The van der Waals surface area contributed by atoms with Gasteiger partial charge in [0, 0.05) is 25.2 Å². The first-order chi connectivity index (χ1) is 14.1. The van der Waals surface area contributed by atoms with E-state index in [9.17, 15) is 9.59 Å². The summed E-state index contributed by atoms with van der Waals surface area (Å²) in [7, 11) is 0. The molecule has 0 bridgehead atoms. The quantitative estimate of drug-likeness (QED) is 0.480. The van der Waals surface area contributed by atoms with Gasteiger partial charge in [-0.3, -0.25) is 9.59 Å². The fourth-order valence-corrected chi connectivity index (χ4v) is 8.87. The molecule has 0 radical (unpaired) electrons. The van der Waals surface area contributed by atoms with Crippen molar-refractivity contribution in [3.05, 3.63) is 0 Å². The zero-order chi connectivity index (χ0) is 21.8. The molecule has 0 unspecified atom stereocenters. The molecule has 9 atom stereocenters. The highest BCUT2D eigenvalue weighted by molar-refractivity contribution is 5.90. The fourth-order valence-electron chi connectivity index (χ4n) is 8.87. The zero-order valence-corrected chi connectivity index (χ0v) is 20.5. The number of rotatable bonds is 5. The molecule has 170 valence electrons. The maximum Gasteiger partial charge on any atom is 0.137 e. The highest BCUT2D eigenvalue weighted by Crippen LogP contribution is 2.67. The summed E-state index contributed by atoms with van der Waals surface area (Å²) in [6, 6.07) is 0. The summed E-state index contributed by atoms with van der Waals surface area (Å²) in [5.74, 6) is 5.99. The van der Waals surface area contributed by atoms with E-state index in [0.29, 0.717) is 41.7 Å². The van der Waals surface area contributed by atoms with Gasteiger partial charge in [0.2, 0.25) is 0 Å². The minimum atomic E-state index is 0.0259. The van der Waals surface area contributed by atoms with Gasteiger partial charge in [-0.25, -0.2) is 0 Å². The third-order valence-corrected chi connectivity index (χ3v) is 11.3. The molecule has 0 heterocycles. The van der Waals surface area contributed by atoms with Crippen LogP contribution in [0.3, 0.4) is 0 Å². The average Bonchev–Trinajstić information content (AvgIpc) is 3.04. The lowest BCUT2D eigenvalue weighted by atomic mass is 9.44. The van der Waals surface area contributed by atoms with Gasteiger partial charge in [-0.2, -0.15) is 0 Å². The number of hydrogen-bond donors (Lipinski definition) is 0. The van der Waals surface area contributed by atoms with Gasteiger partial charge in [0.05, 0.1) is 0 Å². The first-order valence-electron chi connectivity index (χ1n) is 13.1. The van der Waals surface area contributed by atoms with E-state index < -0.39 is 0 Å². The van der Waals surface area contributed by atoms with Crippen LogP contribution in [0.4, 0.5) is 0 Å². The lowest BCUT2D eigenvalue weighted by molar-refractivity contribution is -0.159. The van der Waals surface area contributed by atoms with Crippen molar-refractivity contribution in [3.63, 3.8) is 0 Å². The highest BCUT2D eigenvalue weighted by atomic mass is 16.1. The SMILES string of the molecule is CC(C)[C@@H](C)CC[C@@H](C)[C@H]1CC[C@H]2[C@@H]3CC(=O)[C@H]4CC(=O)CC[C@]4(C)[C@H]3CC[C@]12C. The maximum atomic E-state index is 13.2. The maximum absolute atomic E-state index is 13.2. The van der Waals surface area contributed by atoms with Gasteiger partial charge in [0.25, 0.3) is 0 Å². The summed E-state index contributed by atoms with van der Waals surface area (Å²) in [5.41, 5.74) is 0.515. The first kappa shape index (κ1) is 22.5. The van der Waals surface area contributed by atoms with Gasteiger partial charge in [0.1, 0.15) is 11.6 Å². The topological polar surface area (TPSA) is 34.1 Å². The number of hydrogen-bond acceptors (Lipinski definition) is 2. The van der Waals surface area contributed by atoms with Gasteiger partial charge in [-0.1, -0.05) is 54.4 Å². The van der Waals surface area contributed by atoms with Crippen LogP contribution in [0.2, 0.25) is 0 Å². The van der Waals surface area contributed by atoms with E-state index in [2.05, 4.69) is 41.5 Å². The second kappa shape index (κ2) is 8.04. The van der Waals surface area contributed by atoms with Gasteiger partial charge in [0.15, 0.2) is 0 Å². The van der Waals surface area contributed by atoms with Gasteiger partial charge >= 0.3 is 0 Å². The average molecular weight is 415 g/mol. The standard InChI is InChI=1S/C28H46O2/c1-17(2)18(3)7-8-19(4)22-9-10-23-21-16-26(30)25-15-20(29)11-13-28(25,6)24(21)12-14-27(22,23)5/h17-19,21-25H,7-16H2,1-6H3/t18-,19+,21-,22+,23-,24-,25+,27+,28+/m0/s1. The lowest BCUT2D eigenvalue weighted by Gasteiger charge is -2.59. The van der Waals surface area contributed by atoms with Crippen LogP contribution in [-0.4, -0.2) is 11.6 Å². The predicted octanol–water partition coefficient (Wildman–Crippen LogP) is 7.10. The molecule has 0 saturated heterocycles. The second-order valence-corrected chi connectivity index (χ2v) is 12.9. The van der Waals surface area contributed by atoms with Crippen LogP contribution in [0.25, 0.3) is 0 Å². The molecule has 4 aliphatic rings. The van der Waals surface area contributed by atoms with E-state index in [4.69, 9.17) is 0 Å². The second-order valence-electron chi connectivity index (χ2n) is 12.9. The molecule has 0 aliphatic heterocycles. The third kappa shape index (κ3) is 3.53. The highest BCUT2D eigenvalue weighted by Gasteiger charge is 2.62. The van der Waals surface area contributed by atoms with Gasteiger partial charge in [-0.15, -0.1) is 0 Å². The molecule has 30 heavy (non-hydrogen) atoms. The summed E-state index contributed by atoms with van der Waals surface area (Å²) in [4.78, 5) is 25.3. The molecule has 0 aromatic carbocycles. The lowest BCUT2D eigenvalue weighted by Crippen LogP contribution is -2.56. The largest absolute Gasteiger partial charge is 0.300 e. The van der Waals surface area contributed by atoms with Gasteiger partial charge in [-0.05, 0) is 84.4 Å². The van der Waals surface area contributed by atoms with Crippen LogP contribution in [0.5, 0.6) is 0 Å². The van der Waals surface area contributed by atoms with Crippen molar-refractivity contribution in [2.75, 3.05) is 0 Å². The third-order valence-electron chi connectivity index (χ3n) is 11.3. The monoisotopic (exact) mass is 414 g/mol. The molecule has 4 saturated carbocycles. The van der Waals surface area contributed by atoms with Crippen LogP contribution in [0, 0.1) is 58.2 Å². The number of carbonyl (C=O) groups is 2. The molecule has 0 aromatic heterocycles. The molecule has 0 amide bonds. The van der Waals surface area contributed by atoms with Crippen LogP contribution in [-0.2, 0) is 9.59 Å². The molecule has 2 nitrogen and oxygen atoms in total. The van der Waals surface area contributed by atoms with Crippen molar-refractivity contribution in [2.24, 2.45) is 58.2 Å². The molecule has 4 fully saturated rings. The summed E-state index contributed by atoms with van der Waals surface area (Å²) >= 11 is 0. The normalized spacial score (nSPS) is 45.6. The van der Waals surface area contributed by atoms with Gasteiger partial charge < -0.3 is 0 Å². The Bertz CT molecular complexity index is 680. The molecule has 0 aromatic rings. The Morgan fingerprint density at radius 3 is 2.27 bits per heavy atom. The Morgan fingerprint density at radius 2 is 1.57 bits per heavy atom. The minimum absolute atomic E-state index is 0.0259. The molecule has 2 heteroatoms. The number of Topliss-reactive ketones (excluding diaryl/α,β-unsaturated/α-hetero) is 2. The van der Waals surface area contributed by atoms with Crippen LogP contribution in [0.1, 0.15) is 106 Å². The van der Waals surface area contributed by atoms with Crippen molar-refractivity contribution in [2.45, 2.75) is 106 Å². The van der Waals surface area contributed by atoms with E-state index >= 15 is 0 Å². The van der Waals surface area contributed by atoms with E-state index in [0.717, 1.165) is 42.4 Å².